The molecule has 3 amide bonds. The number of benzene rings is 2. The maximum Gasteiger partial charge on any atom is 0.322 e. The fourth-order valence-corrected chi connectivity index (χ4v) is 3.76. The highest BCUT2D eigenvalue weighted by Crippen LogP contribution is 2.33. The molecule has 3 atom stereocenters. The molecule has 27 heavy (non-hydrogen) atoms. The molecule has 0 saturated carbocycles. The first kappa shape index (κ1) is 17.5. The van der Waals surface area contributed by atoms with Crippen LogP contribution in [-0.4, -0.2) is 42.1 Å². The Hall–Kier alpha value is -2.86. The molecule has 2 heterocycles. The Morgan fingerprint density at radius 3 is 2.52 bits per heavy atom. The van der Waals surface area contributed by atoms with Crippen LogP contribution >= 0.6 is 0 Å². The second-order valence-corrected chi connectivity index (χ2v) is 7.14. The third-order valence-electron chi connectivity index (χ3n) is 5.21. The van der Waals surface area contributed by atoms with Crippen LogP contribution in [0.4, 0.5) is 16.2 Å². The summed E-state index contributed by atoms with van der Waals surface area (Å²) in [6.07, 6.45) is 0.269. The monoisotopic (exact) mass is 365 g/mol. The number of urea groups is 1. The molecular weight excluding hydrogens is 342 g/mol. The van der Waals surface area contributed by atoms with Crippen molar-refractivity contribution in [1.29, 1.82) is 0 Å². The first-order chi connectivity index (χ1) is 13.1. The number of rotatable bonds is 3. The summed E-state index contributed by atoms with van der Waals surface area (Å²) in [6.45, 7) is 2.88. The van der Waals surface area contributed by atoms with E-state index in [1.807, 2.05) is 61.5 Å². The SMILES string of the molecule is Cc1ccccc1NC(=O)N1C[C@@H]2C[C@@H](C(=O)Nc3ccccc3)[C@H](C1)O2. The van der Waals surface area contributed by atoms with Gasteiger partial charge in [-0.15, -0.1) is 0 Å². The van der Waals surface area contributed by atoms with E-state index in [9.17, 15) is 9.59 Å². The minimum Gasteiger partial charge on any atom is -0.370 e. The molecule has 0 aliphatic carbocycles. The van der Waals surface area contributed by atoms with Crippen molar-refractivity contribution < 1.29 is 14.3 Å². The quantitative estimate of drug-likeness (QED) is 0.877. The van der Waals surface area contributed by atoms with Crippen LogP contribution in [-0.2, 0) is 9.53 Å². The zero-order valence-corrected chi connectivity index (χ0v) is 15.2. The number of nitrogens with zero attached hydrogens (tertiary/aromatic N) is 1. The highest BCUT2D eigenvalue weighted by molar-refractivity contribution is 5.94. The van der Waals surface area contributed by atoms with Gasteiger partial charge in [-0.3, -0.25) is 4.79 Å². The molecule has 2 N–H and O–H groups in total. The first-order valence-corrected chi connectivity index (χ1v) is 9.23. The van der Waals surface area contributed by atoms with E-state index in [0.717, 1.165) is 16.9 Å². The fourth-order valence-electron chi connectivity index (χ4n) is 3.76. The number of hydrogen-bond donors (Lipinski definition) is 2. The maximum atomic E-state index is 12.7. The summed E-state index contributed by atoms with van der Waals surface area (Å²) >= 11 is 0. The number of nitrogens with one attached hydrogen (secondary N) is 2. The third kappa shape index (κ3) is 3.80. The summed E-state index contributed by atoms with van der Waals surface area (Å²) in [4.78, 5) is 27.1. The number of ether oxygens (including phenoxy) is 1. The molecular formula is C21H23N3O3. The average molecular weight is 365 g/mol. The van der Waals surface area contributed by atoms with E-state index in [2.05, 4.69) is 10.6 Å². The van der Waals surface area contributed by atoms with E-state index < -0.39 is 0 Å². The van der Waals surface area contributed by atoms with Gasteiger partial charge in [-0.2, -0.15) is 0 Å². The number of carbonyl (C=O) groups is 2. The fraction of sp³-hybridized carbons (Fsp3) is 0.333. The molecule has 2 aromatic rings. The Morgan fingerprint density at radius 2 is 1.74 bits per heavy atom. The Kier molecular flexibility index (Phi) is 4.81. The molecule has 2 fully saturated rings. The van der Waals surface area contributed by atoms with Crippen LogP contribution in [0.3, 0.4) is 0 Å². The van der Waals surface area contributed by atoms with Gasteiger partial charge in [0.1, 0.15) is 0 Å². The molecule has 6 heteroatoms. The van der Waals surface area contributed by atoms with Crippen LogP contribution in [0, 0.1) is 12.8 Å². The van der Waals surface area contributed by atoms with Crippen molar-refractivity contribution in [2.24, 2.45) is 5.92 Å². The molecule has 2 saturated heterocycles. The average Bonchev–Trinajstić information content (AvgIpc) is 2.98. The van der Waals surface area contributed by atoms with Crippen LogP contribution in [0.1, 0.15) is 12.0 Å². The van der Waals surface area contributed by atoms with Gasteiger partial charge in [-0.25, -0.2) is 4.79 Å². The maximum absolute atomic E-state index is 12.7. The minimum absolute atomic E-state index is 0.0464. The van der Waals surface area contributed by atoms with E-state index in [1.54, 1.807) is 4.90 Å². The molecule has 2 bridgehead atoms. The number of anilines is 2. The van der Waals surface area contributed by atoms with Crippen molar-refractivity contribution >= 4 is 23.3 Å². The van der Waals surface area contributed by atoms with Crippen molar-refractivity contribution in [1.82, 2.24) is 4.90 Å². The topological polar surface area (TPSA) is 70.7 Å². The molecule has 0 aromatic heterocycles. The van der Waals surface area contributed by atoms with Gasteiger partial charge in [0.15, 0.2) is 0 Å². The number of fused-ring (bicyclic) bond motifs is 2. The van der Waals surface area contributed by atoms with Gasteiger partial charge in [0, 0.05) is 24.5 Å². The molecule has 6 nitrogen and oxygen atoms in total. The summed E-state index contributed by atoms with van der Waals surface area (Å²) in [5.74, 6) is -0.290. The smallest absolute Gasteiger partial charge is 0.322 e. The highest BCUT2D eigenvalue weighted by Gasteiger charge is 2.45. The molecule has 0 unspecified atom stereocenters. The van der Waals surface area contributed by atoms with Crippen LogP contribution in [0.25, 0.3) is 0 Å². The lowest BCUT2D eigenvalue weighted by molar-refractivity contribution is -0.122. The van der Waals surface area contributed by atoms with Gasteiger partial charge in [0.05, 0.1) is 18.1 Å². The lowest BCUT2D eigenvalue weighted by Crippen LogP contribution is -2.49. The van der Waals surface area contributed by atoms with Crippen LogP contribution in [0.2, 0.25) is 0 Å². The second-order valence-electron chi connectivity index (χ2n) is 7.14. The highest BCUT2D eigenvalue weighted by atomic mass is 16.5. The number of amides is 3. The number of aryl methyl sites for hydroxylation is 1. The van der Waals surface area contributed by atoms with Gasteiger partial charge in [-0.05, 0) is 37.1 Å². The van der Waals surface area contributed by atoms with Gasteiger partial charge < -0.3 is 20.3 Å². The molecule has 0 radical (unpaired) electrons. The Labute approximate surface area is 158 Å². The van der Waals surface area contributed by atoms with Crippen molar-refractivity contribution in [2.75, 3.05) is 23.7 Å². The summed E-state index contributed by atoms with van der Waals surface area (Å²) in [6, 6.07) is 16.9. The predicted molar refractivity (Wildman–Crippen MR) is 104 cm³/mol. The summed E-state index contributed by atoms with van der Waals surface area (Å²) < 4.78 is 5.94. The molecule has 2 aliphatic rings. The predicted octanol–water partition coefficient (Wildman–Crippen LogP) is 3.25. The Bertz CT molecular complexity index is 840. The molecule has 140 valence electrons. The van der Waals surface area contributed by atoms with E-state index >= 15 is 0 Å². The number of likely N-dealkylation sites (tertiary alicyclic amines) is 1. The zero-order chi connectivity index (χ0) is 18.8. The van der Waals surface area contributed by atoms with Crippen molar-refractivity contribution in [3.05, 3.63) is 60.2 Å². The van der Waals surface area contributed by atoms with Gasteiger partial charge in [0.25, 0.3) is 0 Å². The van der Waals surface area contributed by atoms with Crippen LogP contribution in [0.15, 0.2) is 54.6 Å². The van der Waals surface area contributed by atoms with E-state index in [4.69, 9.17) is 4.74 Å². The number of hydrogen-bond acceptors (Lipinski definition) is 3. The van der Waals surface area contributed by atoms with E-state index in [1.165, 1.54) is 0 Å². The lowest BCUT2D eigenvalue weighted by Gasteiger charge is -2.32. The zero-order valence-electron chi connectivity index (χ0n) is 15.2. The van der Waals surface area contributed by atoms with Crippen molar-refractivity contribution in [3.8, 4) is 0 Å². The van der Waals surface area contributed by atoms with Gasteiger partial charge >= 0.3 is 6.03 Å². The molecule has 2 aromatic carbocycles. The molecule has 4 rings (SSSR count). The Balaban J connectivity index is 1.39. The van der Waals surface area contributed by atoms with Crippen LogP contribution in [0.5, 0.6) is 0 Å². The largest absolute Gasteiger partial charge is 0.370 e. The summed E-state index contributed by atoms with van der Waals surface area (Å²) in [5.41, 5.74) is 2.60. The molecule has 2 aliphatic heterocycles. The number of carbonyl (C=O) groups excluding carboxylic acids is 2. The van der Waals surface area contributed by atoms with Crippen molar-refractivity contribution in [2.45, 2.75) is 25.6 Å². The summed E-state index contributed by atoms with van der Waals surface area (Å²) in [7, 11) is 0. The number of para-hydroxylation sites is 2. The molecule has 0 spiro atoms. The van der Waals surface area contributed by atoms with E-state index in [-0.39, 0.29) is 30.1 Å². The van der Waals surface area contributed by atoms with Crippen LogP contribution < -0.4 is 10.6 Å². The Morgan fingerprint density at radius 1 is 1.00 bits per heavy atom. The van der Waals surface area contributed by atoms with Crippen molar-refractivity contribution in [3.63, 3.8) is 0 Å². The van der Waals surface area contributed by atoms with E-state index in [0.29, 0.717) is 19.5 Å². The summed E-state index contributed by atoms with van der Waals surface area (Å²) in [5, 5.41) is 5.91. The second kappa shape index (κ2) is 7.40. The minimum atomic E-state index is -0.268. The lowest BCUT2D eigenvalue weighted by atomic mass is 9.99. The standard InChI is InChI=1S/C21H23N3O3/c1-14-7-5-6-10-18(14)23-21(26)24-12-16-11-17(19(13-24)27-16)20(25)22-15-8-3-2-4-9-15/h2-10,16-17,19H,11-13H2,1H3,(H,22,25)(H,23,26)/t16-,17+,19-/m0/s1. The third-order valence-corrected chi connectivity index (χ3v) is 5.21. The first-order valence-electron chi connectivity index (χ1n) is 9.23. The van der Waals surface area contributed by atoms with Gasteiger partial charge in [-0.1, -0.05) is 36.4 Å². The normalized spacial score (nSPS) is 23.7. The number of morpholine rings is 1. The van der Waals surface area contributed by atoms with Gasteiger partial charge in [0.2, 0.25) is 5.91 Å².